The summed E-state index contributed by atoms with van der Waals surface area (Å²) in [5.74, 6) is -0.262. The predicted molar refractivity (Wildman–Crippen MR) is 168 cm³/mol. The lowest BCUT2D eigenvalue weighted by atomic mass is 9.84. The van der Waals surface area contributed by atoms with Gasteiger partial charge in [0.05, 0.1) is 12.3 Å². The van der Waals surface area contributed by atoms with Crippen LogP contribution in [0.5, 0.6) is 5.75 Å². The van der Waals surface area contributed by atoms with Crippen LogP contribution in [-0.4, -0.2) is 43.8 Å². The molecule has 2 aliphatic heterocycles. The molecule has 9 nitrogen and oxygen atoms in total. The normalized spacial score (nSPS) is 18.8. The zero-order chi connectivity index (χ0) is 33.4. The van der Waals surface area contributed by atoms with E-state index in [9.17, 15) is 26.4 Å². The lowest BCUT2D eigenvalue weighted by molar-refractivity contribution is -0.141. The van der Waals surface area contributed by atoms with Crippen LogP contribution < -0.4 is 10.1 Å². The maximum Gasteiger partial charge on any atom is 0.433 e. The summed E-state index contributed by atoms with van der Waals surface area (Å²) >= 11 is 0. The predicted octanol–water partition coefficient (Wildman–Crippen LogP) is 7.08. The molecule has 1 fully saturated rings. The van der Waals surface area contributed by atoms with Crippen molar-refractivity contribution in [1.29, 1.82) is 0 Å². The maximum atomic E-state index is 13.1. The zero-order valence-electron chi connectivity index (χ0n) is 25.4. The summed E-state index contributed by atoms with van der Waals surface area (Å²) in [6.45, 7) is 4.60. The number of aryl methyl sites for hydroxylation is 2. The molecular formula is C34H30F3N3O6S. The highest BCUT2D eigenvalue weighted by molar-refractivity contribution is 7.86. The number of anilines is 1. The summed E-state index contributed by atoms with van der Waals surface area (Å²) in [6.07, 6.45) is -2.07. The molecule has 1 amide bonds. The number of alkyl halides is 3. The molecule has 0 saturated carbocycles. The number of rotatable bonds is 6. The number of oxime groups is 1. The molecular weight excluding hydrogens is 635 g/mol. The number of fused-ring (bicyclic) bond motifs is 1. The monoisotopic (exact) mass is 665 g/mol. The summed E-state index contributed by atoms with van der Waals surface area (Å²) in [4.78, 5) is 16.1. The van der Waals surface area contributed by atoms with Gasteiger partial charge in [0, 0.05) is 36.0 Å². The molecule has 47 heavy (non-hydrogen) atoms. The molecule has 1 atom stereocenters. The molecule has 1 saturated heterocycles. The third kappa shape index (κ3) is 7.00. The quantitative estimate of drug-likeness (QED) is 0.219. The highest BCUT2D eigenvalue weighted by atomic mass is 32.2. The van der Waals surface area contributed by atoms with E-state index in [0.717, 1.165) is 34.9 Å². The third-order valence-corrected chi connectivity index (χ3v) is 9.19. The first-order valence-electron chi connectivity index (χ1n) is 14.8. The Bertz CT molecular complexity index is 1970. The molecule has 244 valence electrons. The van der Waals surface area contributed by atoms with Gasteiger partial charge in [-0.15, -0.1) is 0 Å². The molecule has 0 aliphatic carbocycles. The van der Waals surface area contributed by atoms with E-state index in [2.05, 4.69) is 15.5 Å². The van der Waals surface area contributed by atoms with Gasteiger partial charge in [-0.2, -0.15) is 21.6 Å². The van der Waals surface area contributed by atoms with Crippen molar-refractivity contribution in [3.05, 3.63) is 107 Å². The fourth-order valence-corrected chi connectivity index (χ4v) is 6.34. The minimum absolute atomic E-state index is 0.0158. The molecule has 1 N–H and O–H groups in total. The van der Waals surface area contributed by atoms with Gasteiger partial charge in [-0.05, 0) is 91.9 Å². The van der Waals surface area contributed by atoms with Gasteiger partial charge in [0.15, 0.2) is 0 Å². The molecule has 1 unspecified atom stereocenters. The average molecular weight is 666 g/mol. The third-order valence-electron chi connectivity index (χ3n) is 8.07. The number of hydrogen-bond donors (Lipinski definition) is 1. The lowest BCUT2D eigenvalue weighted by Crippen LogP contribution is -2.48. The van der Waals surface area contributed by atoms with Gasteiger partial charge < -0.3 is 14.8 Å². The van der Waals surface area contributed by atoms with E-state index in [1.807, 2.05) is 19.9 Å². The first-order chi connectivity index (χ1) is 22.3. The summed E-state index contributed by atoms with van der Waals surface area (Å²) in [5, 5.41) is 6.80. The Morgan fingerprint density at radius 2 is 1.79 bits per heavy atom. The van der Waals surface area contributed by atoms with Crippen LogP contribution in [0.25, 0.3) is 11.1 Å². The molecule has 13 heteroatoms. The van der Waals surface area contributed by atoms with E-state index in [1.54, 1.807) is 42.5 Å². The van der Waals surface area contributed by atoms with Gasteiger partial charge in [0.2, 0.25) is 0 Å². The Kier molecular flexibility index (Phi) is 8.53. The fraction of sp³-hybridized carbons (Fsp3) is 0.265. The second-order valence-electron chi connectivity index (χ2n) is 11.6. The van der Waals surface area contributed by atoms with Crippen LogP contribution in [0, 0.1) is 13.8 Å². The van der Waals surface area contributed by atoms with Crippen LogP contribution in [0.15, 0.2) is 89.0 Å². The number of aromatic nitrogens is 1. The number of nitrogens with one attached hydrogen (secondary N) is 1. The minimum Gasteiger partial charge on any atom is -0.484 e. The summed E-state index contributed by atoms with van der Waals surface area (Å²) in [6, 6.07) is 18.7. The Morgan fingerprint density at radius 3 is 2.51 bits per heavy atom. The zero-order valence-corrected chi connectivity index (χ0v) is 26.2. The largest absolute Gasteiger partial charge is 0.484 e. The highest BCUT2D eigenvalue weighted by Crippen LogP contribution is 2.41. The Morgan fingerprint density at radius 1 is 1.00 bits per heavy atom. The van der Waals surface area contributed by atoms with Crippen LogP contribution >= 0.6 is 0 Å². The minimum atomic E-state index is -4.68. The molecule has 2 aliphatic rings. The van der Waals surface area contributed by atoms with Gasteiger partial charge in [-0.3, -0.25) is 14.1 Å². The van der Waals surface area contributed by atoms with Gasteiger partial charge in [0.25, 0.3) is 5.91 Å². The molecule has 0 bridgehead atoms. The van der Waals surface area contributed by atoms with E-state index < -0.39 is 33.5 Å². The number of hydrogen-bond acceptors (Lipinski definition) is 8. The SMILES string of the molecule is Cc1ccc(S(=O)(=O)O/N=C2/CC3(CCCOC3)Oc3cc(-c4cc(NC(=O)c5ccnc(C(F)(F)F)c5)ccc4C)ccc32)cc1. The second kappa shape index (κ2) is 12.5. The fourth-order valence-electron chi connectivity index (χ4n) is 5.59. The topological polar surface area (TPSA) is 116 Å². The van der Waals surface area contributed by atoms with Crippen molar-refractivity contribution < 1.29 is 40.1 Å². The number of halogens is 3. The Balaban J connectivity index is 1.31. The van der Waals surface area contributed by atoms with Crippen molar-refractivity contribution in [2.75, 3.05) is 18.5 Å². The number of nitrogens with zero attached hydrogens (tertiary/aromatic N) is 2. The number of benzene rings is 3. The van der Waals surface area contributed by atoms with E-state index in [-0.39, 0.29) is 23.5 Å². The van der Waals surface area contributed by atoms with Gasteiger partial charge in [0.1, 0.15) is 21.9 Å². The van der Waals surface area contributed by atoms with Crippen molar-refractivity contribution in [3.8, 4) is 16.9 Å². The number of pyridine rings is 1. The average Bonchev–Trinajstić information content (AvgIpc) is 3.04. The van der Waals surface area contributed by atoms with Crippen molar-refractivity contribution in [3.63, 3.8) is 0 Å². The molecule has 1 spiro atoms. The molecule has 3 heterocycles. The van der Waals surface area contributed by atoms with Gasteiger partial charge in [-0.1, -0.05) is 35.0 Å². The van der Waals surface area contributed by atoms with Gasteiger partial charge in [-0.25, -0.2) is 0 Å². The van der Waals surface area contributed by atoms with Crippen LogP contribution in [0.1, 0.15) is 52.0 Å². The van der Waals surface area contributed by atoms with Crippen molar-refractivity contribution >= 4 is 27.4 Å². The summed E-state index contributed by atoms with van der Waals surface area (Å²) in [7, 11) is -4.18. The Hall–Kier alpha value is -4.75. The van der Waals surface area contributed by atoms with Crippen molar-refractivity contribution in [2.24, 2.45) is 5.16 Å². The summed E-state index contributed by atoms with van der Waals surface area (Å²) < 4.78 is 82.7. The molecule has 1 aromatic heterocycles. The van der Waals surface area contributed by atoms with Crippen LogP contribution in [-0.2, 0) is 25.3 Å². The van der Waals surface area contributed by atoms with E-state index in [4.69, 9.17) is 13.8 Å². The standard InChI is InChI=1S/C34H30F3N3O6S/c1-21-4-9-26(10-5-21)47(42,43)46-40-29-19-33(13-3-15-44-20-33)45-30-16-23(7-11-27(29)30)28-18-25(8-6-22(28)2)39-32(41)24-12-14-38-31(17-24)34(35,36)37/h4-12,14,16-18H,3,13,15,19-20H2,1-2H3,(H,39,41)/b40-29-. The van der Waals surface area contributed by atoms with Gasteiger partial charge >= 0.3 is 16.3 Å². The number of carbonyl (C=O) groups is 1. The number of amides is 1. The molecule has 6 rings (SSSR count). The van der Waals surface area contributed by atoms with Crippen molar-refractivity contribution in [1.82, 2.24) is 4.98 Å². The van der Waals surface area contributed by atoms with E-state index in [0.29, 0.717) is 41.8 Å². The van der Waals surface area contributed by atoms with E-state index in [1.165, 1.54) is 18.2 Å². The molecule has 3 aromatic carbocycles. The van der Waals surface area contributed by atoms with E-state index >= 15 is 0 Å². The maximum absolute atomic E-state index is 13.1. The smallest absolute Gasteiger partial charge is 0.433 e. The number of carbonyl (C=O) groups excluding carboxylic acids is 1. The summed E-state index contributed by atoms with van der Waals surface area (Å²) in [5.41, 5.74) is 2.42. The second-order valence-corrected chi connectivity index (χ2v) is 13.1. The van der Waals surface area contributed by atoms with Crippen molar-refractivity contribution in [2.45, 2.75) is 49.8 Å². The first kappa shape index (κ1) is 32.2. The first-order valence-corrected chi connectivity index (χ1v) is 16.2. The van der Waals surface area contributed by atoms with Crippen LogP contribution in [0.4, 0.5) is 18.9 Å². The molecule has 4 aromatic rings. The number of ether oxygens (including phenoxy) is 2. The highest BCUT2D eigenvalue weighted by Gasteiger charge is 2.42. The lowest BCUT2D eigenvalue weighted by Gasteiger charge is -2.41. The van der Waals surface area contributed by atoms with Crippen LogP contribution in [0.2, 0.25) is 0 Å². The Labute approximate surface area is 269 Å². The molecule has 0 radical (unpaired) electrons. The van der Waals surface area contributed by atoms with Crippen LogP contribution in [0.3, 0.4) is 0 Å².